The van der Waals surface area contributed by atoms with Gasteiger partial charge in [0.15, 0.2) is 0 Å². The SMILES string of the molecule is Cc1cc(C)cc(N(C)C(=O)N(C)CCCC(=O)O)c1. The lowest BCUT2D eigenvalue weighted by Gasteiger charge is -2.25. The van der Waals surface area contributed by atoms with Crippen LogP contribution < -0.4 is 4.90 Å². The van der Waals surface area contributed by atoms with Crippen LogP contribution >= 0.6 is 0 Å². The van der Waals surface area contributed by atoms with Crippen LogP contribution in [0.25, 0.3) is 0 Å². The van der Waals surface area contributed by atoms with Crippen molar-refractivity contribution in [1.29, 1.82) is 0 Å². The monoisotopic (exact) mass is 278 g/mol. The Labute approximate surface area is 119 Å². The number of carbonyl (C=O) groups excluding carboxylic acids is 1. The third-order valence-electron chi connectivity index (χ3n) is 3.09. The molecule has 5 nitrogen and oxygen atoms in total. The van der Waals surface area contributed by atoms with Crippen LogP contribution in [0.3, 0.4) is 0 Å². The van der Waals surface area contributed by atoms with Crippen LogP contribution in [0.4, 0.5) is 10.5 Å². The fourth-order valence-corrected chi connectivity index (χ4v) is 2.07. The zero-order valence-electron chi connectivity index (χ0n) is 12.5. The molecule has 0 saturated carbocycles. The lowest BCUT2D eigenvalue weighted by atomic mass is 10.1. The number of benzene rings is 1. The highest BCUT2D eigenvalue weighted by atomic mass is 16.4. The van der Waals surface area contributed by atoms with Crippen LogP contribution in [-0.2, 0) is 4.79 Å². The predicted molar refractivity (Wildman–Crippen MR) is 79.2 cm³/mol. The maximum absolute atomic E-state index is 12.2. The predicted octanol–water partition coefficient (Wildman–Crippen LogP) is 2.66. The Morgan fingerprint density at radius 2 is 1.65 bits per heavy atom. The van der Waals surface area contributed by atoms with Gasteiger partial charge < -0.3 is 10.0 Å². The Balaban J connectivity index is 2.67. The van der Waals surface area contributed by atoms with Crippen LogP contribution in [0, 0.1) is 13.8 Å². The molecule has 2 amide bonds. The zero-order chi connectivity index (χ0) is 15.3. The first-order chi connectivity index (χ1) is 9.31. The summed E-state index contributed by atoms with van der Waals surface area (Å²) < 4.78 is 0. The molecule has 0 unspecified atom stereocenters. The first-order valence-electron chi connectivity index (χ1n) is 6.60. The number of aryl methyl sites for hydroxylation is 2. The van der Waals surface area contributed by atoms with E-state index in [1.165, 1.54) is 0 Å². The smallest absolute Gasteiger partial charge is 0.323 e. The van der Waals surface area contributed by atoms with Gasteiger partial charge in [-0.1, -0.05) is 6.07 Å². The number of hydrogen-bond donors (Lipinski definition) is 1. The molecule has 1 N–H and O–H groups in total. The topological polar surface area (TPSA) is 60.9 Å². The average Bonchev–Trinajstić information content (AvgIpc) is 2.35. The van der Waals surface area contributed by atoms with E-state index in [0.29, 0.717) is 13.0 Å². The van der Waals surface area contributed by atoms with Gasteiger partial charge in [0.05, 0.1) is 0 Å². The first kappa shape index (κ1) is 16.0. The maximum atomic E-state index is 12.2. The molecule has 1 aromatic carbocycles. The highest BCUT2D eigenvalue weighted by Crippen LogP contribution is 2.18. The average molecular weight is 278 g/mol. The number of nitrogens with zero attached hydrogens (tertiary/aromatic N) is 2. The van der Waals surface area contributed by atoms with E-state index in [1.54, 1.807) is 23.9 Å². The zero-order valence-corrected chi connectivity index (χ0v) is 12.5. The van der Waals surface area contributed by atoms with Gasteiger partial charge in [-0.15, -0.1) is 0 Å². The van der Waals surface area contributed by atoms with Crippen molar-refractivity contribution in [1.82, 2.24) is 4.90 Å². The number of anilines is 1. The summed E-state index contributed by atoms with van der Waals surface area (Å²) in [7, 11) is 3.41. The Morgan fingerprint density at radius 1 is 1.10 bits per heavy atom. The van der Waals surface area contributed by atoms with Crippen molar-refractivity contribution in [2.24, 2.45) is 0 Å². The molecule has 0 bridgehead atoms. The first-order valence-corrected chi connectivity index (χ1v) is 6.60. The normalized spacial score (nSPS) is 10.2. The molecule has 20 heavy (non-hydrogen) atoms. The van der Waals surface area contributed by atoms with Gasteiger partial charge in [-0.25, -0.2) is 4.79 Å². The molecule has 5 heteroatoms. The van der Waals surface area contributed by atoms with Gasteiger partial charge in [-0.05, 0) is 43.5 Å². The molecule has 0 aliphatic rings. The number of hydrogen-bond acceptors (Lipinski definition) is 2. The summed E-state index contributed by atoms with van der Waals surface area (Å²) in [5, 5.41) is 8.60. The van der Waals surface area contributed by atoms with Crippen molar-refractivity contribution >= 4 is 17.7 Å². The highest BCUT2D eigenvalue weighted by molar-refractivity contribution is 5.91. The number of aliphatic carboxylic acids is 1. The van der Waals surface area contributed by atoms with Crippen LogP contribution in [0.5, 0.6) is 0 Å². The fourth-order valence-electron chi connectivity index (χ4n) is 2.07. The molecule has 1 rings (SSSR count). The summed E-state index contributed by atoms with van der Waals surface area (Å²) >= 11 is 0. The molecule has 110 valence electrons. The van der Waals surface area contributed by atoms with Crippen LogP contribution in [0.15, 0.2) is 18.2 Å². The standard InChI is InChI=1S/C15H22N2O3/c1-11-8-12(2)10-13(9-11)17(4)15(20)16(3)7-5-6-14(18)19/h8-10H,5-7H2,1-4H3,(H,18,19). The molecule has 0 spiro atoms. The molecule has 0 fully saturated rings. The van der Waals surface area contributed by atoms with Crippen LogP contribution in [0.2, 0.25) is 0 Å². The molecular formula is C15H22N2O3. The molecule has 0 aromatic heterocycles. The Bertz CT molecular complexity index is 480. The van der Waals surface area contributed by atoms with Gasteiger partial charge in [-0.2, -0.15) is 0 Å². The van der Waals surface area contributed by atoms with E-state index >= 15 is 0 Å². The Hall–Kier alpha value is -2.04. The Morgan fingerprint density at radius 3 is 2.15 bits per heavy atom. The number of carbonyl (C=O) groups is 2. The van der Waals surface area contributed by atoms with Crippen molar-refractivity contribution in [3.8, 4) is 0 Å². The van der Waals surface area contributed by atoms with E-state index in [4.69, 9.17) is 5.11 Å². The molecule has 0 heterocycles. The number of carboxylic acid groups (broad SMARTS) is 1. The molecular weight excluding hydrogens is 256 g/mol. The number of carboxylic acids is 1. The summed E-state index contributed by atoms with van der Waals surface area (Å²) in [6, 6.07) is 5.82. The second-order valence-electron chi connectivity index (χ2n) is 5.11. The quantitative estimate of drug-likeness (QED) is 0.900. The number of urea groups is 1. The minimum absolute atomic E-state index is 0.0743. The molecule has 0 aliphatic carbocycles. The number of amides is 2. The van der Waals surface area contributed by atoms with E-state index in [9.17, 15) is 9.59 Å². The molecule has 0 saturated heterocycles. The van der Waals surface area contributed by atoms with Gasteiger partial charge in [0, 0.05) is 32.7 Å². The summed E-state index contributed by atoms with van der Waals surface area (Å²) in [6.07, 6.45) is 0.531. The van der Waals surface area contributed by atoms with E-state index in [1.807, 2.05) is 26.0 Å². The lowest BCUT2D eigenvalue weighted by molar-refractivity contribution is -0.137. The van der Waals surface area contributed by atoms with Gasteiger partial charge >= 0.3 is 12.0 Å². The van der Waals surface area contributed by atoms with Crippen molar-refractivity contribution in [3.05, 3.63) is 29.3 Å². The van der Waals surface area contributed by atoms with Crippen molar-refractivity contribution in [2.75, 3.05) is 25.5 Å². The minimum atomic E-state index is -0.839. The van der Waals surface area contributed by atoms with Crippen LogP contribution in [-0.4, -0.2) is 42.6 Å². The van der Waals surface area contributed by atoms with Crippen molar-refractivity contribution in [3.63, 3.8) is 0 Å². The molecule has 0 atom stereocenters. The van der Waals surface area contributed by atoms with Gasteiger partial charge in [0.25, 0.3) is 0 Å². The van der Waals surface area contributed by atoms with Crippen LogP contribution in [0.1, 0.15) is 24.0 Å². The van der Waals surface area contributed by atoms with Crippen molar-refractivity contribution < 1.29 is 14.7 Å². The van der Waals surface area contributed by atoms with Gasteiger partial charge in [0.2, 0.25) is 0 Å². The summed E-state index contributed by atoms with van der Waals surface area (Å²) in [6.45, 7) is 4.41. The minimum Gasteiger partial charge on any atom is -0.481 e. The van der Waals surface area contributed by atoms with Gasteiger partial charge in [-0.3, -0.25) is 9.69 Å². The van der Waals surface area contributed by atoms with E-state index in [2.05, 4.69) is 6.07 Å². The number of rotatable bonds is 5. The second-order valence-corrected chi connectivity index (χ2v) is 5.11. The van der Waals surface area contributed by atoms with E-state index in [-0.39, 0.29) is 12.5 Å². The van der Waals surface area contributed by atoms with E-state index < -0.39 is 5.97 Å². The summed E-state index contributed by atoms with van der Waals surface area (Å²) in [4.78, 5) is 25.8. The summed E-state index contributed by atoms with van der Waals surface area (Å²) in [5.74, 6) is -0.839. The summed E-state index contributed by atoms with van der Waals surface area (Å²) in [5.41, 5.74) is 3.05. The van der Waals surface area contributed by atoms with E-state index in [0.717, 1.165) is 16.8 Å². The molecule has 1 aromatic rings. The van der Waals surface area contributed by atoms with Crippen molar-refractivity contribution in [2.45, 2.75) is 26.7 Å². The molecule has 0 radical (unpaired) electrons. The Kier molecular flexibility index (Phi) is 5.55. The largest absolute Gasteiger partial charge is 0.481 e. The fraction of sp³-hybridized carbons (Fsp3) is 0.467. The maximum Gasteiger partial charge on any atom is 0.323 e. The highest BCUT2D eigenvalue weighted by Gasteiger charge is 2.16. The third kappa shape index (κ3) is 4.57. The third-order valence-corrected chi connectivity index (χ3v) is 3.09. The lowest BCUT2D eigenvalue weighted by Crippen LogP contribution is -2.39. The second kappa shape index (κ2) is 6.93. The van der Waals surface area contributed by atoms with Gasteiger partial charge in [0.1, 0.15) is 0 Å². The molecule has 0 aliphatic heterocycles.